The van der Waals surface area contributed by atoms with E-state index in [1.165, 1.54) is 0 Å². The van der Waals surface area contributed by atoms with Crippen LogP contribution in [0.1, 0.15) is 38.7 Å². The van der Waals surface area contributed by atoms with Crippen LogP contribution in [0.2, 0.25) is 0 Å². The highest BCUT2D eigenvalue weighted by Crippen LogP contribution is 2.16. The Morgan fingerprint density at radius 3 is 2.47 bits per heavy atom. The van der Waals surface area contributed by atoms with Crippen LogP contribution < -0.4 is 11.1 Å². The van der Waals surface area contributed by atoms with Crippen LogP contribution in [-0.2, 0) is 11.2 Å². The Hall–Kier alpha value is -1.55. The summed E-state index contributed by atoms with van der Waals surface area (Å²) in [6.45, 7) is 3.91. The maximum absolute atomic E-state index is 12.0. The topological polar surface area (TPSA) is 75.3 Å². The lowest BCUT2D eigenvalue weighted by atomic mass is 9.93. The van der Waals surface area contributed by atoms with Crippen LogP contribution in [0.5, 0.6) is 0 Å². The summed E-state index contributed by atoms with van der Waals surface area (Å²) in [6, 6.07) is 7.56. The van der Waals surface area contributed by atoms with Gasteiger partial charge in [-0.2, -0.15) is 0 Å². The van der Waals surface area contributed by atoms with Crippen molar-refractivity contribution in [3.05, 3.63) is 29.8 Å². The number of anilines is 1. The highest BCUT2D eigenvalue weighted by atomic mass is 16.3. The third-order valence-corrected chi connectivity index (χ3v) is 3.74. The van der Waals surface area contributed by atoms with Gasteiger partial charge in [0.05, 0.1) is 12.1 Å². The van der Waals surface area contributed by atoms with Crippen LogP contribution in [0.3, 0.4) is 0 Å². The van der Waals surface area contributed by atoms with Crippen molar-refractivity contribution in [1.82, 2.24) is 5.32 Å². The summed E-state index contributed by atoms with van der Waals surface area (Å²) in [7, 11) is 0. The Labute approximate surface area is 115 Å². The Morgan fingerprint density at radius 1 is 1.32 bits per heavy atom. The Kier molecular flexibility index (Phi) is 5.83. The molecule has 0 aliphatic carbocycles. The normalized spacial score (nSPS) is 11.3. The first kappa shape index (κ1) is 15.5. The summed E-state index contributed by atoms with van der Waals surface area (Å²) in [5.41, 5.74) is 7.06. The van der Waals surface area contributed by atoms with E-state index in [1.807, 2.05) is 38.1 Å². The van der Waals surface area contributed by atoms with Crippen LogP contribution in [0.15, 0.2) is 24.3 Å². The average Bonchev–Trinajstić information content (AvgIpc) is 2.44. The number of aryl methyl sites for hydroxylation is 1. The first-order valence-electron chi connectivity index (χ1n) is 6.82. The van der Waals surface area contributed by atoms with Gasteiger partial charge >= 0.3 is 0 Å². The maximum atomic E-state index is 12.0. The molecule has 0 saturated carbocycles. The van der Waals surface area contributed by atoms with Crippen LogP contribution in [0.4, 0.5) is 5.69 Å². The monoisotopic (exact) mass is 264 g/mol. The number of amides is 1. The first-order chi connectivity index (χ1) is 9.06. The van der Waals surface area contributed by atoms with E-state index in [2.05, 4.69) is 5.32 Å². The summed E-state index contributed by atoms with van der Waals surface area (Å²) < 4.78 is 0. The van der Waals surface area contributed by atoms with E-state index >= 15 is 0 Å². The summed E-state index contributed by atoms with van der Waals surface area (Å²) in [5.74, 6) is -0.0407. The number of rotatable bonds is 7. The fourth-order valence-electron chi connectivity index (χ4n) is 2.06. The van der Waals surface area contributed by atoms with E-state index in [1.54, 1.807) is 0 Å². The zero-order valence-corrected chi connectivity index (χ0v) is 11.8. The van der Waals surface area contributed by atoms with Crippen molar-refractivity contribution in [3.63, 3.8) is 0 Å². The molecule has 1 amide bonds. The highest BCUT2D eigenvalue weighted by molar-refractivity contribution is 5.77. The van der Waals surface area contributed by atoms with Gasteiger partial charge in [-0.15, -0.1) is 0 Å². The number of para-hydroxylation sites is 1. The zero-order chi connectivity index (χ0) is 14.3. The van der Waals surface area contributed by atoms with Gasteiger partial charge in [0.15, 0.2) is 0 Å². The molecule has 0 bridgehead atoms. The van der Waals surface area contributed by atoms with Gasteiger partial charge in [0.2, 0.25) is 5.91 Å². The molecule has 0 aliphatic heterocycles. The second-order valence-corrected chi connectivity index (χ2v) is 4.89. The lowest BCUT2D eigenvalue weighted by Gasteiger charge is -2.30. The standard InChI is InChI=1S/C15H24N2O2/c1-3-15(4-2,11-18)17-14(19)10-9-12-7-5-6-8-13(12)16/h5-8,18H,3-4,9-11,16H2,1-2H3,(H,17,19). The van der Waals surface area contributed by atoms with Crippen LogP contribution in [0, 0.1) is 0 Å². The fraction of sp³-hybridized carbons (Fsp3) is 0.533. The first-order valence-corrected chi connectivity index (χ1v) is 6.82. The van der Waals surface area contributed by atoms with Crippen molar-refractivity contribution >= 4 is 11.6 Å². The molecule has 1 aromatic carbocycles. The minimum atomic E-state index is -0.487. The van der Waals surface area contributed by atoms with Crippen LogP contribution in [-0.4, -0.2) is 23.2 Å². The number of nitrogens with one attached hydrogen (secondary N) is 1. The van der Waals surface area contributed by atoms with Crippen LogP contribution >= 0.6 is 0 Å². The Morgan fingerprint density at radius 2 is 1.95 bits per heavy atom. The number of carbonyl (C=O) groups excluding carboxylic acids is 1. The zero-order valence-electron chi connectivity index (χ0n) is 11.8. The molecule has 0 aromatic heterocycles. The molecule has 0 aliphatic rings. The third-order valence-electron chi connectivity index (χ3n) is 3.74. The van der Waals surface area contributed by atoms with Gasteiger partial charge in [0.25, 0.3) is 0 Å². The second-order valence-electron chi connectivity index (χ2n) is 4.89. The molecule has 0 heterocycles. The predicted octanol–water partition coefficient (Wildman–Crippen LogP) is 1.87. The lowest BCUT2D eigenvalue weighted by molar-refractivity contribution is -0.123. The number of hydrogen-bond acceptors (Lipinski definition) is 3. The smallest absolute Gasteiger partial charge is 0.220 e. The molecule has 106 valence electrons. The summed E-state index contributed by atoms with van der Waals surface area (Å²) in [6.07, 6.45) is 2.45. The number of nitrogen functional groups attached to an aromatic ring is 1. The lowest BCUT2D eigenvalue weighted by Crippen LogP contribution is -2.50. The van der Waals surface area contributed by atoms with Gasteiger partial charge in [0.1, 0.15) is 0 Å². The Bertz CT molecular complexity index is 406. The van der Waals surface area contributed by atoms with Gasteiger partial charge in [-0.3, -0.25) is 4.79 Å². The van der Waals surface area contributed by atoms with Crippen molar-refractivity contribution in [2.45, 2.75) is 45.1 Å². The van der Waals surface area contributed by atoms with E-state index in [0.29, 0.717) is 12.8 Å². The van der Waals surface area contributed by atoms with Gasteiger partial charge in [0, 0.05) is 12.1 Å². The van der Waals surface area contributed by atoms with E-state index in [4.69, 9.17) is 5.73 Å². The minimum Gasteiger partial charge on any atom is -0.399 e. The largest absolute Gasteiger partial charge is 0.399 e. The van der Waals surface area contributed by atoms with Crippen molar-refractivity contribution in [1.29, 1.82) is 0 Å². The molecule has 0 unspecified atom stereocenters. The van der Waals surface area contributed by atoms with Crippen molar-refractivity contribution in [3.8, 4) is 0 Å². The SMILES string of the molecule is CCC(CC)(CO)NC(=O)CCc1ccccc1N. The molecule has 0 radical (unpaired) electrons. The fourth-order valence-corrected chi connectivity index (χ4v) is 2.06. The van der Waals surface area contributed by atoms with Crippen molar-refractivity contribution < 1.29 is 9.90 Å². The van der Waals surface area contributed by atoms with E-state index in [9.17, 15) is 9.90 Å². The van der Waals surface area contributed by atoms with Crippen molar-refractivity contribution in [2.24, 2.45) is 0 Å². The van der Waals surface area contributed by atoms with Gasteiger partial charge in [-0.25, -0.2) is 0 Å². The van der Waals surface area contributed by atoms with E-state index in [0.717, 1.165) is 24.1 Å². The molecule has 1 aromatic rings. The number of aliphatic hydroxyl groups is 1. The average molecular weight is 264 g/mol. The predicted molar refractivity (Wildman–Crippen MR) is 77.7 cm³/mol. The molecule has 1 rings (SSSR count). The molecule has 4 heteroatoms. The van der Waals surface area contributed by atoms with Crippen LogP contribution in [0.25, 0.3) is 0 Å². The molecular formula is C15H24N2O2. The maximum Gasteiger partial charge on any atom is 0.220 e. The summed E-state index contributed by atoms with van der Waals surface area (Å²) in [4.78, 5) is 12.0. The van der Waals surface area contributed by atoms with Gasteiger partial charge < -0.3 is 16.2 Å². The third kappa shape index (κ3) is 4.24. The number of hydrogen-bond donors (Lipinski definition) is 3. The number of aliphatic hydroxyl groups excluding tert-OH is 1. The van der Waals surface area contributed by atoms with E-state index < -0.39 is 5.54 Å². The summed E-state index contributed by atoms with van der Waals surface area (Å²) in [5, 5.41) is 12.4. The molecule has 0 spiro atoms. The molecular weight excluding hydrogens is 240 g/mol. The molecule has 4 nitrogen and oxygen atoms in total. The van der Waals surface area contributed by atoms with Gasteiger partial charge in [-0.1, -0.05) is 32.0 Å². The second kappa shape index (κ2) is 7.14. The number of nitrogens with two attached hydrogens (primary N) is 1. The number of benzene rings is 1. The minimum absolute atomic E-state index is 0.0286. The number of carbonyl (C=O) groups is 1. The molecule has 19 heavy (non-hydrogen) atoms. The summed E-state index contributed by atoms with van der Waals surface area (Å²) >= 11 is 0. The quantitative estimate of drug-likeness (QED) is 0.658. The molecule has 0 fully saturated rings. The van der Waals surface area contributed by atoms with E-state index in [-0.39, 0.29) is 12.5 Å². The molecule has 4 N–H and O–H groups in total. The van der Waals surface area contributed by atoms with Crippen molar-refractivity contribution in [2.75, 3.05) is 12.3 Å². The van der Waals surface area contributed by atoms with Gasteiger partial charge in [-0.05, 0) is 30.9 Å². The molecule has 0 saturated heterocycles. The highest BCUT2D eigenvalue weighted by Gasteiger charge is 2.26. The molecule has 0 atom stereocenters. The Balaban J connectivity index is 2.54.